The summed E-state index contributed by atoms with van der Waals surface area (Å²) in [4.78, 5) is 2.39. The summed E-state index contributed by atoms with van der Waals surface area (Å²) in [5.74, 6) is 0.486. The van der Waals surface area contributed by atoms with Gasteiger partial charge in [-0.05, 0) is 31.3 Å². The van der Waals surface area contributed by atoms with Gasteiger partial charge in [0.15, 0.2) is 0 Å². The summed E-state index contributed by atoms with van der Waals surface area (Å²) < 4.78 is 18.7. The quantitative estimate of drug-likeness (QED) is 0.738. The van der Waals surface area contributed by atoms with Crippen molar-refractivity contribution in [1.29, 1.82) is 0 Å². The lowest BCUT2D eigenvalue weighted by Crippen LogP contribution is -2.42. The zero-order valence-corrected chi connectivity index (χ0v) is 12.4. The number of methoxy groups -OCH3 is 1. The molecule has 0 aliphatic heterocycles. The minimum Gasteiger partial charge on any atom is -0.396 e. The maximum absolute atomic E-state index is 13.5. The second-order valence-electron chi connectivity index (χ2n) is 5.52. The molecular formula is C15H28FNO2. The molecule has 1 aliphatic carbocycles. The third-order valence-electron chi connectivity index (χ3n) is 4.03. The first kappa shape index (κ1) is 16.6. The molecule has 0 aromatic rings. The Labute approximate surface area is 116 Å². The Bertz CT molecular complexity index is 283. The van der Waals surface area contributed by atoms with Crippen LogP contribution in [0, 0.1) is 5.92 Å². The van der Waals surface area contributed by atoms with Gasteiger partial charge >= 0.3 is 0 Å². The van der Waals surface area contributed by atoms with E-state index in [-0.39, 0.29) is 12.4 Å². The highest BCUT2D eigenvalue weighted by Crippen LogP contribution is 2.26. The first-order valence-corrected chi connectivity index (χ1v) is 7.35. The fourth-order valence-electron chi connectivity index (χ4n) is 2.57. The van der Waals surface area contributed by atoms with E-state index in [0.717, 1.165) is 32.4 Å². The number of aliphatic hydroxyl groups is 1. The second-order valence-corrected chi connectivity index (χ2v) is 5.52. The average molecular weight is 273 g/mol. The lowest BCUT2D eigenvalue weighted by molar-refractivity contribution is 0.0525. The summed E-state index contributed by atoms with van der Waals surface area (Å²) >= 11 is 0. The summed E-state index contributed by atoms with van der Waals surface area (Å²) in [6, 6.07) is 0.324. The molecule has 0 amide bonds. The van der Waals surface area contributed by atoms with Gasteiger partial charge in [0.1, 0.15) is 11.9 Å². The predicted molar refractivity (Wildman–Crippen MR) is 75.7 cm³/mol. The van der Waals surface area contributed by atoms with Gasteiger partial charge in [-0.2, -0.15) is 0 Å². The van der Waals surface area contributed by atoms with E-state index in [2.05, 4.69) is 18.7 Å². The highest BCUT2D eigenvalue weighted by Gasteiger charge is 2.28. The first-order valence-electron chi connectivity index (χ1n) is 7.35. The van der Waals surface area contributed by atoms with Gasteiger partial charge < -0.3 is 9.84 Å². The fourth-order valence-corrected chi connectivity index (χ4v) is 2.57. The number of rotatable bonds is 8. The van der Waals surface area contributed by atoms with Gasteiger partial charge in [0, 0.05) is 32.8 Å². The van der Waals surface area contributed by atoms with Crippen molar-refractivity contribution in [1.82, 2.24) is 4.90 Å². The number of nitrogens with zero attached hydrogens (tertiary/aromatic N) is 1. The molecule has 0 spiro atoms. The SMILES string of the molecule is CC[C@@H](C)CN(CCCO)C1CC=C(F)[C@@H](OC)C1. The van der Waals surface area contributed by atoms with Crippen molar-refractivity contribution < 1.29 is 14.2 Å². The molecule has 0 radical (unpaired) electrons. The smallest absolute Gasteiger partial charge is 0.125 e. The molecule has 0 bridgehead atoms. The zero-order valence-electron chi connectivity index (χ0n) is 12.4. The monoisotopic (exact) mass is 273 g/mol. The molecular weight excluding hydrogens is 245 g/mol. The van der Waals surface area contributed by atoms with Gasteiger partial charge in [-0.25, -0.2) is 4.39 Å². The van der Waals surface area contributed by atoms with E-state index in [0.29, 0.717) is 18.4 Å². The van der Waals surface area contributed by atoms with Crippen LogP contribution in [0.4, 0.5) is 4.39 Å². The second kappa shape index (κ2) is 8.67. The van der Waals surface area contributed by atoms with E-state index in [1.807, 2.05) is 0 Å². The van der Waals surface area contributed by atoms with Crippen LogP contribution in [0.5, 0.6) is 0 Å². The highest BCUT2D eigenvalue weighted by molar-refractivity contribution is 5.07. The lowest BCUT2D eigenvalue weighted by atomic mass is 9.95. The molecule has 3 atom stereocenters. The van der Waals surface area contributed by atoms with E-state index in [1.54, 1.807) is 13.2 Å². The van der Waals surface area contributed by atoms with Crippen molar-refractivity contribution in [2.75, 3.05) is 26.8 Å². The van der Waals surface area contributed by atoms with Gasteiger partial charge in [-0.1, -0.05) is 20.3 Å². The van der Waals surface area contributed by atoms with Gasteiger partial charge in [0.05, 0.1) is 0 Å². The van der Waals surface area contributed by atoms with Crippen molar-refractivity contribution in [2.24, 2.45) is 5.92 Å². The maximum atomic E-state index is 13.5. The summed E-state index contributed by atoms with van der Waals surface area (Å²) in [5, 5.41) is 9.02. The normalized spacial score (nSPS) is 25.5. The molecule has 0 saturated heterocycles. The van der Waals surface area contributed by atoms with Crippen molar-refractivity contribution in [3.63, 3.8) is 0 Å². The molecule has 0 heterocycles. The molecule has 19 heavy (non-hydrogen) atoms. The van der Waals surface area contributed by atoms with Crippen LogP contribution in [0.2, 0.25) is 0 Å². The molecule has 4 heteroatoms. The van der Waals surface area contributed by atoms with Crippen LogP contribution in [0.3, 0.4) is 0 Å². The summed E-state index contributed by atoms with van der Waals surface area (Å²) in [5.41, 5.74) is 0. The Balaban J connectivity index is 2.63. The van der Waals surface area contributed by atoms with Gasteiger partial charge in [-0.3, -0.25) is 4.90 Å². The summed E-state index contributed by atoms with van der Waals surface area (Å²) in [6.07, 6.45) is 4.63. The molecule has 0 aromatic carbocycles. The number of hydrogen-bond donors (Lipinski definition) is 1. The van der Waals surface area contributed by atoms with Crippen molar-refractivity contribution >= 4 is 0 Å². The third kappa shape index (κ3) is 5.21. The fraction of sp³-hybridized carbons (Fsp3) is 0.867. The number of aliphatic hydroxyl groups excluding tert-OH is 1. The topological polar surface area (TPSA) is 32.7 Å². The Hall–Kier alpha value is -0.450. The molecule has 1 unspecified atom stereocenters. The molecule has 1 aliphatic rings. The molecule has 112 valence electrons. The van der Waals surface area contributed by atoms with Crippen molar-refractivity contribution in [3.05, 3.63) is 11.9 Å². The van der Waals surface area contributed by atoms with Crippen LogP contribution in [0.15, 0.2) is 11.9 Å². The Morgan fingerprint density at radius 3 is 2.89 bits per heavy atom. The van der Waals surface area contributed by atoms with E-state index in [1.165, 1.54) is 0 Å². The van der Waals surface area contributed by atoms with E-state index < -0.39 is 6.10 Å². The summed E-state index contributed by atoms with van der Waals surface area (Å²) in [7, 11) is 1.56. The lowest BCUT2D eigenvalue weighted by Gasteiger charge is -2.36. The van der Waals surface area contributed by atoms with Crippen molar-refractivity contribution in [3.8, 4) is 0 Å². The average Bonchev–Trinajstić information content (AvgIpc) is 2.43. The Kier molecular flexibility index (Phi) is 7.57. The Morgan fingerprint density at radius 1 is 1.58 bits per heavy atom. The van der Waals surface area contributed by atoms with Crippen LogP contribution in [0.25, 0.3) is 0 Å². The molecule has 1 N–H and O–H groups in total. The molecule has 0 fully saturated rings. The van der Waals surface area contributed by atoms with Crippen molar-refractivity contribution in [2.45, 2.75) is 51.7 Å². The highest BCUT2D eigenvalue weighted by atomic mass is 19.1. The van der Waals surface area contributed by atoms with E-state index in [9.17, 15) is 4.39 Å². The largest absolute Gasteiger partial charge is 0.396 e. The van der Waals surface area contributed by atoms with Crippen LogP contribution in [-0.4, -0.2) is 49.0 Å². The van der Waals surface area contributed by atoms with Gasteiger partial charge in [0.25, 0.3) is 0 Å². The van der Waals surface area contributed by atoms with Gasteiger partial charge in [0.2, 0.25) is 0 Å². The van der Waals surface area contributed by atoms with E-state index in [4.69, 9.17) is 9.84 Å². The Morgan fingerprint density at radius 2 is 2.32 bits per heavy atom. The van der Waals surface area contributed by atoms with Crippen LogP contribution < -0.4 is 0 Å². The number of ether oxygens (including phenoxy) is 1. The zero-order chi connectivity index (χ0) is 14.3. The van der Waals surface area contributed by atoms with Crippen LogP contribution >= 0.6 is 0 Å². The van der Waals surface area contributed by atoms with Crippen LogP contribution in [0.1, 0.15) is 39.5 Å². The predicted octanol–water partition coefficient (Wildman–Crippen LogP) is 2.75. The number of halogens is 1. The van der Waals surface area contributed by atoms with Crippen LogP contribution in [-0.2, 0) is 4.74 Å². The summed E-state index contributed by atoms with van der Waals surface area (Å²) in [6.45, 7) is 6.51. The first-order chi connectivity index (χ1) is 9.12. The molecule has 0 aromatic heterocycles. The minimum atomic E-state index is -0.396. The van der Waals surface area contributed by atoms with Gasteiger partial charge in [-0.15, -0.1) is 0 Å². The standard InChI is InChI=1S/C15H28FNO2/c1-4-12(2)11-17(8-5-9-18)13-6-7-14(16)15(10-13)19-3/h7,12-13,15,18H,4-6,8-11H2,1-3H3/t12-,13?,15+/m1/s1. The third-order valence-corrected chi connectivity index (χ3v) is 4.03. The van der Waals surface area contributed by atoms with E-state index >= 15 is 0 Å². The number of hydrogen-bond acceptors (Lipinski definition) is 3. The maximum Gasteiger partial charge on any atom is 0.125 e. The molecule has 1 rings (SSSR count). The molecule has 3 nitrogen and oxygen atoms in total. The molecule has 0 saturated carbocycles. The minimum absolute atomic E-state index is 0.135.